The van der Waals surface area contributed by atoms with Gasteiger partial charge in [0, 0.05) is 17.3 Å². The van der Waals surface area contributed by atoms with Gasteiger partial charge in [-0.3, -0.25) is 0 Å². The van der Waals surface area contributed by atoms with Crippen LogP contribution in [-0.4, -0.2) is 14.2 Å². The monoisotopic (exact) mass is 207 g/mol. The molecule has 0 aliphatic carbocycles. The van der Waals surface area contributed by atoms with Crippen LogP contribution in [0.4, 0.5) is 5.69 Å². The molecule has 0 saturated carbocycles. The lowest BCUT2D eigenvalue weighted by Gasteiger charge is -2.10. The molecule has 0 fully saturated rings. The van der Waals surface area contributed by atoms with E-state index in [1.54, 1.807) is 20.3 Å². The van der Waals surface area contributed by atoms with Crippen LogP contribution < -0.4 is 15.2 Å². The summed E-state index contributed by atoms with van der Waals surface area (Å²) in [5, 5.41) is 0. The second-order valence-electron chi connectivity index (χ2n) is 3.56. The minimum atomic E-state index is 0.654. The number of allylic oxidation sites excluding steroid dienone is 1. The van der Waals surface area contributed by atoms with E-state index in [0.717, 1.165) is 5.56 Å². The summed E-state index contributed by atoms with van der Waals surface area (Å²) >= 11 is 0. The zero-order chi connectivity index (χ0) is 11.4. The van der Waals surface area contributed by atoms with E-state index in [1.165, 1.54) is 5.57 Å². The maximum absolute atomic E-state index is 5.89. The molecule has 0 heterocycles. The fraction of sp³-hybridized carbons (Fsp3) is 0.333. The lowest BCUT2D eigenvalue weighted by Crippen LogP contribution is -1.95. The smallest absolute Gasteiger partial charge is 0.162 e. The molecule has 0 unspecified atom stereocenters. The van der Waals surface area contributed by atoms with Gasteiger partial charge in [-0.25, -0.2) is 0 Å². The highest BCUT2D eigenvalue weighted by Crippen LogP contribution is 2.32. The van der Waals surface area contributed by atoms with Crippen LogP contribution in [0.5, 0.6) is 11.5 Å². The minimum Gasteiger partial charge on any atom is -0.493 e. The summed E-state index contributed by atoms with van der Waals surface area (Å²) in [5.74, 6) is 1.35. The zero-order valence-corrected chi connectivity index (χ0v) is 9.63. The number of anilines is 1. The second kappa shape index (κ2) is 4.73. The van der Waals surface area contributed by atoms with Gasteiger partial charge in [0.05, 0.1) is 14.2 Å². The third kappa shape index (κ3) is 2.65. The molecule has 0 bridgehead atoms. The van der Waals surface area contributed by atoms with Crippen molar-refractivity contribution >= 4 is 11.8 Å². The van der Waals surface area contributed by atoms with Gasteiger partial charge in [-0.15, -0.1) is 0 Å². The van der Waals surface area contributed by atoms with Gasteiger partial charge in [0.15, 0.2) is 11.5 Å². The topological polar surface area (TPSA) is 44.5 Å². The highest BCUT2D eigenvalue weighted by Gasteiger charge is 2.07. The van der Waals surface area contributed by atoms with Gasteiger partial charge in [-0.1, -0.05) is 11.6 Å². The van der Waals surface area contributed by atoms with Gasteiger partial charge in [0.2, 0.25) is 0 Å². The SMILES string of the molecule is COc1cc(N)c(C=C(C)C)cc1OC. The summed E-state index contributed by atoms with van der Waals surface area (Å²) in [6, 6.07) is 3.65. The zero-order valence-electron chi connectivity index (χ0n) is 9.63. The molecule has 1 aromatic carbocycles. The Hall–Kier alpha value is -1.64. The number of hydrogen-bond acceptors (Lipinski definition) is 3. The van der Waals surface area contributed by atoms with Gasteiger partial charge in [0.1, 0.15) is 0 Å². The van der Waals surface area contributed by atoms with Crippen molar-refractivity contribution in [3.63, 3.8) is 0 Å². The molecule has 0 amide bonds. The van der Waals surface area contributed by atoms with Gasteiger partial charge in [-0.2, -0.15) is 0 Å². The summed E-state index contributed by atoms with van der Waals surface area (Å²) < 4.78 is 10.4. The van der Waals surface area contributed by atoms with E-state index in [-0.39, 0.29) is 0 Å². The average molecular weight is 207 g/mol. The Morgan fingerprint density at radius 1 is 1.13 bits per heavy atom. The molecule has 82 valence electrons. The molecule has 3 heteroatoms. The Kier molecular flexibility index (Phi) is 3.61. The lowest BCUT2D eigenvalue weighted by atomic mass is 10.1. The van der Waals surface area contributed by atoms with Crippen molar-refractivity contribution < 1.29 is 9.47 Å². The number of benzene rings is 1. The number of nitrogens with two attached hydrogens (primary N) is 1. The first-order valence-corrected chi connectivity index (χ1v) is 4.75. The Bertz CT molecular complexity index is 379. The van der Waals surface area contributed by atoms with Crippen LogP contribution in [0.1, 0.15) is 19.4 Å². The van der Waals surface area contributed by atoms with Crippen molar-refractivity contribution in [3.8, 4) is 11.5 Å². The standard InChI is InChI=1S/C12H17NO2/c1-8(2)5-9-6-11(14-3)12(15-4)7-10(9)13/h5-7H,13H2,1-4H3. The first-order valence-electron chi connectivity index (χ1n) is 4.75. The van der Waals surface area contributed by atoms with Crippen LogP contribution in [0.2, 0.25) is 0 Å². The highest BCUT2D eigenvalue weighted by molar-refractivity contribution is 5.70. The van der Waals surface area contributed by atoms with Crippen LogP contribution >= 0.6 is 0 Å². The van der Waals surface area contributed by atoms with E-state index < -0.39 is 0 Å². The molecule has 15 heavy (non-hydrogen) atoms. The van der Waals surface area contributed by atoms with Gasteiger partial charge in [-0.05, 0) is 19.9 Å². The maximum Gasteiger partial charge on any atom is 0.162 e. The van der Waals surface area contributed by atoms with Gasteiger partial charge in [0.25, 0.3) is 0 Å². The van der Waals surface area contributed by atoms with E-state index in [1.807, 2.05) is 26.0 Å². The van der Waals surface area contributed by atoms with Gasteiger partial charge >= 0.3 is 0 Å². The Labute approximate surface area is 90.5 Å². The highest BCUT2D eigenvalue weighted by atomic mass is 16.5. The molecule has 1 aromatic rings. The van der Waals surface area contributed by atoms with E-state index in [4.69, 9.17) is 15.2 Å². The summed E-state index contributed by atoms with van der Waals surface area (Å²) in [7, 11) is 3.21. The average Bonchev–Trinajstić information content (AvgIpc) is 2.19. The van der Waals surface area contributed by atoms with E-state index in [0.29, 0.717) is 17.2 Å². The van der Waals surface area contributed by atoms with Crippen LogP contribution in [0.25, 0.3) is 6.08 Å². The van der Waals surface area contributed by atoms with E-state index in [2.05, 4.69) is 0 Å². The third-order valence-electron chi connectivity index (χ3n) is 2.03. The Morgan fingerprint density at radius 3 is 2.13 bits per heavy atom. The maximum atomic E-state index is 5.89. The molecule has 0 aromatic heterocycles. The first kappa shape index (κ1) is 11.4. The van der Waals surface area contributed by atoms with Crippen molar-refractivity contribution in [1.82, 2.24) is 0 Å². The summed E-state index contributed by atoms with van der Waals surface area (Å²) in [5.41, 5.74) is 8.72. The molecule has 0 radical (unpaired) electrons. The molecule has 0 atom stereocenters. The second-order valence-corrected chi connectivity index (χ2v) is 3.56. The number of hydrogen-bond donors (Lipinski definition) is 1. The molecular formula is C12H17NO2. The van der Waals surface area contributed by atoms with Gasteiger partial charge < -0.3 is 15.2 Å². The van der Waals surface area contributed by atoms with E-state index >= 15 is 0 Å². The normalized spacial score (nSPS) is 9.60. The number of ether oxygens (including phenoxy) is 2. The predicted octanol–water partition coefficient (Wildman–Crippen LogP) is 2.71. The van der Waals surface area contributed by atoms with Crippen molar-refractivity contribution in [2.75, 3.05) is 20.0 Å². The van der Waals surface area contributed by atoms with Crippen molar-refractivity contribution in [2.45, 2.75) is 13.8 Å². The summed E-state index contributed by atoms with van der Waals surface area (Å²) in [4.78, 5) is 0. The number of rotatable bonds is 3. The first-order chi connectivity index (χ1) is 7.08. The molecule has 0 aliphatic heterocycles. The van der Waals surface area contributed by atoms with Crippen molar-refractivity contribution in [2.24, 2.45) is 0 Å². The fourth-order valence-corrected chi connectivity index (χ4v) is 1.35. The van der Waals surface area contributed by atoms with Crippen LogP contribution in [0.3, 0.4) is 0 Å². The number of nitrogen functional groups attached to an aromatic ring is 1. The largest absolute Gasteiger partial charge is 0.493 e. The van der Waals surface area contributed by atoms with Crippen LogP contribution in [0.15, 0.2) is 17.7 Å². The van der Waals surface area contributed by atoms with E-state index in [9.17, 15) is 0 Å². The summed E-state index contributed by atoms with van der Waals surface area (Å²) in [6.07, 6.45) is 2.01. The quantitative estimate of drug-likeness (QED) is 0.775. The molecule has 3 nitrogen and oxygen atoms in total. The Morgan fingerprint density at radius 2 is 1.67 bits per heavy atom. The third-order valence-corrected chi connectivity index (χ3v) is 2.03. The summed E-state index contributed by atoms with van der Waals surface area (Å²) in [6.45, 7) is 4.05. The van der Waals surface area contributed by atoms with Crippen LogP contribution in [-0.2, 0) is 0 Å². The number of methoxy groups -OCH3 is 2. The molecule has 1 rings (SSSR count). The molecule has 2 N–H and O–H groups in total. The molecule has 0 saturated heterocycles. The molecular weight excluding hydrogens is 190 g/mol. The van der Waals surface area contributed by atoms with Crippen molar-refractivity contribution in [3.05, 3.63) is 23.3 Å². The Balaban J connectivity index is 3.26. The molecule has 0 spiro atoms. The minimum absolute atomic E-state index is 0.654. The fourth-order valence-electron chi connectivity index (χ4n) is 1.35. The predicted molar refractivity (Wildman–Crippen MR) is 63.3 cm³/mol. The lowest BCUT2D eigenvalue weighted by molar-refractivity contribution is 0.355. The van der Waals surface area contributed by atoms with Crippen molar-refractivity contribution in [1.29, 1.82) is 0 Å². The van der Waals surface area contributed by atoms with Crippen LogP contribution in [0, 0.1) is 0 Å². The molecule has 0 aliphatic rings.